The fraction of sp³-hybridized carbons (Fsp3) is 0.467. The molecule has 1 aliphatic heterocycles. The van der Waals surface area contributed by atoms with Gasteiger partial charge in [-0.15, -0.1) is 0 Å². The van der Waals surface area contributed by atoms with E-state index in [4.69, 9.17) is 14.2 Å². The standard InChI is InChI=1S/C15H18N2O7/c1-15(2,3)24-13(18)16-8-12(9-16)23-14(19)22-11-6-4-10(5-7-11)17(20)21/h4-7,12H,8-9H2,1-3H3. The number of nitro benzene ring substituents is 1. The molecule has 1 fully saturated rings. The smallest absolute Gasteiger partial charge is 0.444 e. The molecule has 0 unspecified atom stereocenters. The van der Waals surface area contributed by atoms with E-state index in [9.17, 15) is 19.7 Å². The summed E-state index contributed by atoms with van der Waals surface area (Å²) in [6.45, 7) is 5.75. The summed E-state index contributed by atoms with van der Waals surface area (Å²) in [6.07, 6.45) is -1.87. The van der Waals surface area contributed by atoms with Crippen molar-refractivity contribution in [3.8, 4) is 5.75 Å². The van der Waals surface area contributed by atoms with Gasteiger partial charge in [0.25, 0.3) is 5.69 Å². The second-order valence-electron chi connectivity index (χ2n) is 6.23. The van der Waals surface area contributed by atoms with E-state index in [0.29, 0.717) is 0 Å². The van der Waals surface area contributed by atoms with Gasteiger partial charge in [0, 0.05) is 12.1 Å². The second-order valence-corrected chi connectivity index (χ2v) is 6.23. The molecule has 130 valence electrons. The first kappa shape index (κ1) is 17.5. The Labute approximate surface area is 138 Å². The van der Waals surface area contributed by atoms with Crippen LogP contribution in [0.3, 0.4) is 0 Å². The molecule has 0 aromatic heterocycles. The Bertz CT molecular complexity index is 630. The number of ether oxygens (including phenoxy) is 3. The van der Waals surface area contributed by atoms with Gasteiger partial charge in [0.15, 0.2) is 0 Å². The number of carbonyl (C=O) groups excluding carboxylic acids is 2. The quantitative estimate of drug-likeness (QED) is 0.361. The Morgan fingerprint density at radius 1 is 1.21 bits per heavy atom. The zero-order valence-electron chi connectivity index (χ0n) is 13.6. The fourth-order valence-corrected chi connectivity index (χ4v) is 1.88. The van der Waals surface area contributed by atoms with Crippen molar-refractivity contribution in [2.45, 2.75) is 32.5 Å². The molecular formula is C15H18N2O7. The van der Waals surface area contributed by atoms with Gasteiger partial charge in [-0.05, 0) is 32.9 Å². The Morgan fingerprint density at radius 2 is 1.79 bits per heavy atom. The summed E-state index contributed by atoms with van der Waals surface area (Å²) in [6, 6.07) is 5.03. The van der Waals surface area contributed by atoms with Crippen LogP contribution in [0, 0.1) is 10.1 Å². The molecular weight excluding hydrogens is 320 g/mol. The van der Waals surface area contributed by atoms with Gasteiger partial charge in [0.05, 0.1) is 18.0 Å². The van der Waals surface area contributed by atoms with E-state index in [2.05, 4.69) is 0 Å². The van der Waals surface area contributed by atoms with Crippen LogP contribution < -0.4 is 4.74 Å². The normalized spacial score (nSPS) is 14.5. The van der Waals surface area contributed by atoms with Crippen molar-refractivity contribution in [2.24, 2.45) is 0 Å². The summed E-state index contributed by atoms with van der Waals surface area (Å²) in [5, 5.41) is 10.5. The Morgan fingerprint density at radius 3 is 2.29 bits per heavy atom. The van der Waals surface area contributed by atoms with Crippen LogP contribution in [-0.4, -0.2) is 46.9 Å². The number of non-ortho nitro benzene ring substituents is 1. The van der Waals surface area contributed by atoms with Crippen molar-refractivity contribution in [2.75, 3.05) is 13.1 Å². The highest BCUT2D eigenvalue weighted by atomic mass is 16.7. The van der Waals surface area contributed by atoms with Crippen LogP contribution in [0.25, 0.3) is 0 Å². The van der Waals surface area contributed by atoms with Gasteiger partial charge in [-0.1, -0.05) is 0 Å². The summed E-state index contributed by atoms with van der Waals surface area (Å²) in [7, 11) is 0. The van der Waals surface area contributed by atoms with Crippen LogP contribution in [0.5, 0.6) is 5.75 Å². The molecule has 24 heavy (non-hydrogen) atoms. The number of hydrogen-bond acceptors (Lipinski definition) is 7. The molecule has 1 saturated heterocycles. The summed E-state index contributed by atoms with van der Waals surface area (Å²) in [4.78, 5) is 34.7. The number of carbonyl (C=O) groups is 2. The number of likely N-dealkylation sites (tertiary alicyclic amines) is 1. The average Bonchev–Trinajstić information content (AvgIpc) is 2.40. The van der Waals surface area contributed by atoms with Crippen LogP contribution in [0.1, 0.15) is 20.8 Å². The first-order valence-electron chi connectivity index (χ1n) is 7.25. The summed E-state index contributed by atoms with van der Waals surface area (Å²) in [5.74, 6) is 0.133. The molecule has 1 aliphatic rings. The predicted molar refractivity (Wildman–Crippen MR) is 81.8 cm³/mol. The van der Waals surface area contributed by atoms with Crippen molar-refractivity contribution < 1.29 is 28.7 Å². The number of nitrogens with zero attached hydrogens (tertiary/aromatic N) is 2. The zero-order valence-corrected chi connectivity index (χ0v) is 13.6. The molecule has 2 rings (SSSR count). The van der Waals surface area contributed by atoms with Crippen LogP contribution in [0.4, 0.5) is 15.3 Å². The van der Waals surface area contributed by atoms with Crippen molar-refractivity contribution in [3.63, 3.8) is 0 Å². The fourth-order valence-electron chi connectivity index (χ4n) is 1.88. The van der Waals surface area contributed by atoms with Gasteiger partial charge in [-0.3, -0.25) is 10.1 Å². The van der Waals surface area contributed by atoms with Gasteiger partial charge >= 0.3 is 12.2 Å². The average molecular weight is 338 g/mol. The summed E-state index contributed by atoms with van der Waals surface area (Å²) < 4.78 is 15.1. The minimum absolute atomic E-state index is 0.109. The molecule has 1 aromatic rings. The van der Waals surface area contributed by atoms with Crippen molar-refractivity contribution in [1.82, 2.24) is 4.90 Å². The number of hydrogen-bond donors (Lipinski definition) is 0. The van der Waals surface area contributed by atoms with Crippen molar-refractivity contribution in [3.05, 3.63) is 34.4 Å². The van der Waals surface area contributed by atoms with E-state index in [0.717, 1.165) is 0 Å². The highest BCUT2D eigenvalue weighted by Crippen LogP contribution is 2.20. The van der Waals surface area contributed by atoms with Crippen molar-refractivity contribution in [1.29, 1.82) is 0 Å². The predicted octanol–water partition coefficient (Wildman–Crippen LogP) is 2.73. The number of rotatable bonds is 3. The van der Waals surface area contributed by atoms with E-state index in [-0.39, 0.29) is 24.5 Å². The first-order valence-corrected chi connectivity index (χ1v) is 7.25. The number of benzene rings is 1. The van der Waals surface area contributed by atoms with E-state index < -0.39 is 28.9 Å². The highest BCUT2D eigenvalue weighted by molar-refractivity contribution is 5.70. The Hall–Kier alpha value is -2.84. The van der Waals surface area contributed by atoms with Gasteiger partial charge in [-0.25, -0.2) is 9.59 Å². The number of amides is 1. The monoisotopic (exact) mass is 338 g/mol. The molecule has 0 N–H and O–H groups in total. The van der Waals surface area contributed by atoms with Crippen molar-refractivity contribution >= 4 is 17.9 Å². The third-order valence-corrected chi connectivity index (χ3v) is 3.01. The van der Waals surface area contributed by atoms with Crippen LogP contribution in [0.2, 0.25) is 0 Å². The third kappa shape index (κ3) is 4.83. The molecule has 9 heteroatoms. The minimum atomic E-state index is -0.933. The second kappa shape index (κ2) is 6.73. The first-order chi connectivity index (χ1) is 11.1. The third-order valence-electron chi connectivity index (χ3n) is 3.01. The largest absolute Gasteiger partial charge is 0.514 e. The van der Waals surface area contributed by atoms with Crippen LogP contribution in [-0.2, 0) is 9.47 Å². The maximum Gasteiger partial charge on any atom is 0.514 e. The lowest BCUT2D eigenvalue weighted by atomic mass is 10.2. The molecule has 1 heterocycles. The molecule has 0 radical (unpaired) electrons. The Balaban J connectivity index is 1.75. The van der Waals surface area contributed by atoms with Gasteiger partial charge < -0.3 is 19.1 Å². The molecule has 9 nitrogen and oxygen atoms in total. The number of nitro groups is 1. The molecule has 1 aromatic carbocycles. The van der Waals surface area contributed by atoms with E-state index in [1.54, 1.807) is 20.8 Å². The SMILES string of the molecule is CC(C)(C)OC(=O)N1CC(OC(=O)Oc2ccc([N+](=O)[O-])cc2)C1. The summed E-state index contributed by atoms with van der Waals surface area (Å²) in [5.41, 5.74) is -0.694. The zero-order chi connectivity index (χ0) is 17.9. The maximum atomic E-state index is 11.7. The highest BCUT2D eigenvalue weighted by Gasteiger charge is 2.36. The molecule has 0 bridgehead atoms. The van der Waals surface area contributed by atoms with E-state index in [1.807, 2.05) is 0 Å². The topological polar surface area (TPSA) is 108 Å². The summed E-state index contributed by atoms with van der Waals surface area (Å²) >= 11 is 0. The lowest BCUT2D eigenvalue weighted by Gasteiger charge is -2.38. The molecule has 1 amide bonds. The van der Waals surface area contributed by atoms with Gasteiger partial charge in [-0.2, -0.15) is 0 Å². The maximum absolute atomic E-state index is 11.7. The van der Waals surface area contributed by atoms with Crippen LogP contribution in [0.15, 0.2) is 24.3 Å². The Kier molecular flexibility index (Phi) is 4.91. The minimum Gasteiger partial charge on any atom is -0.444 e. The lowest BCUT2D eigenvalue weighted by molar-refractivity contribution is -0.384. The van der Waals surface area contributed by atoms with Gasteiger partial charge in [0.2, 0.25) is 0 Å². The van der Waals surface area contributed by atoms with Crippen LogP contribution >= 0.6 is 0 Å². The van der Waals surface area contributed by atoms with Gasteiger partial charge in [0.1, 0.15) is 17.5 Å². The molecule has 0 spiro atoms. The molecule has 0 saturated carbocycles. The molecule has 0 atom stereocenters. The molecule has 0 aliphatic carbocycles. The van der Waals surface area contributed by atoms with E-state index >= 15 is 0 Å². The lowest BCUT2D eigenvalue weighted by Crippen LogP contribution is -2.56. The van der Waals surface area contributed by atoms with E-state index in [1.165, 1.54) is 29.2 Å².